The molecule has 0 aromatic heterocycles. The van der Waals surface area contributed by atoms with Crippen molar-refractivity contribution < 1.29 is 0 Å². The van der Waals surface area contributed by atoms with Gasteiger partial charge in [-0.15, -0.1) is 13.2 Å². The zero-order chi connectivity index (χ0) is 44.6. The lowest BCUT2D eigenvalue weighted by molar-refractivity contribution is 0.832. The lowest BCUT2D eigenvalue weighted by Crippen LogP contribution is -2.17. The Morgan fingerprint density at radius 1 is 0.891 bits per heavy atom. The lowest BCUT2D eigenvalue weighted by Gasteiger charge is -2.09. The van der Waals surface area contributed by atoms with E-state index in [1.54, 1.807) is 19.2 Å². The van der Waals surface area contributed by atoms with Crippen LogP contribution in [0.15, 0.2) is 145 Å². The fourth-order valence-electron chi connectivity index (χ4n) is 3.39. The summed E-state index contributed by atoms with van der Waals surface area (Å²) in [5, 5.41) is 3.21. The van der Waals surface area contributed by atoms with E-state index >= 15 is 0 Å². The summed E-state index contributed by atoms with van der Waals surface area (Å²) in [6, 6.07) is 6.62. The van der Waals surface area contributed by atoms with E-state index in [2.05, 4.69) is 158 Å². The molecular weight excluding hydrogens is 669 g/mol. The number of aryl methyl sites for hydroxylation is 2. The van der Waals surface area contributed by atoms with Gasteiger partial charge in [0.05, 0.1) is 0 Å². The van der Waals surface area contributed by atoms with Crippen LogP contribution in [0.25, 0.3) is 0 Å². The maximum absolute atomic E-state index is 5.80. The summed E-state index contributed by atoms with van der Waals surface area (Å²) >= 11 is 0. The molecule has 0 radical (unpaired) electrons. The second kappa shape index (κ2) is 54.4. The lowest BCUT2D eigenvalue weighted by atomic mass is 10.0. The number of nitrogens with zero attached hydrogens (tertiary/aromatic N) is 1. The van der Waals surface area contributed by atoms with Crippen LogP contribution in [0.2, 0.25) is 0 Å². The molecule has 0 bridgehead atoms. The number of hydrogen-bond donors (Lipinski definition) is 3. The van der Waals surface area contributed by atoms with Crippen molar-refractivity contribution in [3.8, 4) is 0 Å². The van der Waals surface area contributed by atoms with Crippen LogP contribution in [0.5, 0.6) is 0 Å². The molecule has 0 heterocycles. The van der Waals surface area contributed by atoms with E-state index in [0.717, 1.165) is 48.4 Å². The highest BCUT2D eigenvalue weighted by Gasteiger charge is 2.02. The highest BCUT2D eigenvalue weighted by atomic mass is 14.9. The van der Waals surface area contributed by atoms with Crippen molar-refractivity contribution in [2.75, 3.05) is 14.1 Å². The Labute approximate surface area is 345 Å². The van der Waals surface area contributed by atoms with Crippen molar-refractivity contribution in [2.45, 2.75) is 149 Å². The number of benzene rings is 1. The summed E-state index contributed by atoms with van der Waals surface area (Å²) in [5.74, 6) is 0. The van der Waals surface area contributed by atoms with Crippen LogP contribution in [0.4, 0.5) is 0 Å². The first-order valence-corrected chi connectivity index (χ1v) is 20.4. The molecule has 0 saturated carbocycles. The highest BCUT2D eigenvalue weighted by Crippen LogP contribution is 2.14. The van der Waals surface area contributed by atoms with E-state index in [-0.39, 0.29) is 6.04 Å². The molecule has 0 fully saturated rings. The number of hydrogen-bond acceptors (Lipinski definition) is 4. The number of nitrogens with two attached hydrogens (primary N) is 2. The molecule has 2 rings (SSSR count). The largest absolute Gasteiger partial charge is 0.381 e. The van der Waals surface area contributed by atoms with Gasteiger partial charge in [0.25, 0.3) is 0 Å². The normalized spacial score (nSPS) is 10.9. The van der Waals surface area contributed by atoms with Crippen molar-refractivity contribution in [3.63, 3.8) is 0 Å². The Hall–Kier alpha value is -3.99. The number of nitrogens with one attached hydrogen (secondary N) is 1. The zero-order valence-corrected chi connectivity index (χ0v) is 39.5. The molecule has 0 amide bonds. The Kier molecular flexibility index (Phi) is 65.1. The van der Waals surface area contributed by atoms with Crippen molar-refractivity contribution in [3.05, 3.63) is 157 Å². The van der Waals surface area contributed by atoms with E-state index < -0.39 is 0 Å². The Morgan fingerprint density at radius 2 is 1.44 bits per heavy atom. The second-order valence-corrected chi connectivity index (χ2v) is 11.5. The van der Waals surface area contributed by atoms with Crippen molar-refractivity contribution in [1.82, 2.24) is 5.32 Å². The molecule has 1 aromatic rings. The van der Waals surface area contributed by atoms with Gasteiger partial charge in [-0.3, -0.25) is 4.99 Å². The fourth-order valence-corrected chi connectivity index (χ4v) is 3.39. The quantitative estimate of drug-likeness (QED) is 0.113. The van der Waals surface area contributed by atoms with E-state index in [9.17, 15) is 0 Å². The maximum atomic E-state index is 5.80. The summed E-state index contributed by atoms with van der Waals surface area (Å²) < 4.78 is 0. The molecule has 5 N–H and O–H groups in total. The predicted octanol–water partition coefficient (Wildman–Crippen LogP) is 14.9. The molecule has 4 nitrogen and oxygen atoms in total. The van der Waals surface area contributed by atoms with Gasteiger partial charge in [-0.25, -0.2) is 0 Å². The van der Waals surface area contributed by atoms with E-state index in [1.807, 2.05) is 61.5 Å². The standard InChI is InChI=1S/C15H21N.C11H15N.C8H14.C6H11N.C4H8.3C2H6.CH5N/c1-5-7-15-9-8-14(10-12(15)3)11-16-13(4)6-2;1-3-11(12)10-6-4-5-9(2)7-8-10;1-4-5-6-7-8(2)3;1-5(2)6(3)7-4;1-3-4-2;4*1-2/h6,8-10,16H,2,4-5,7,11H2,1,3H3;3-4,6-8,11H,1,5,12H2,2H3;5-7H,4H2,1-3H3;1H2,2-4H3;3H,1,4H2,2H3;3*1-2H3;2H2,1H3. The molecule has 316 valence electrons. The summed E-state index contributed by atoms with van der Waals surface area (Å²) in [6.07, 6.45) is 25.7. The molecule has 0 aliphatic heterocycles. The first-order valence-electron chi connectivity index (χ1n) is 20.4. The topological polar surface area (TPSA) is 76.4 Å². The summed E-state index contributed by atoms with van der Waals surface area (Å²) in [5.41, 5.74) is 21.2. The molecule has 1 unspecified atom stereocenters. The first-order chi connectivity index (χ1) is 26.3. The zero-order valence-electron chi connectivity index (χ0n) is 39.5. The molecule has 1 atom stereocenters. The van der Waals surface area contributed by atoms with Gasteiger partial charge in [-0.1, -0.05) is 173 Å². The fraction of sp³-hybridized carbons (Fsp3) is 0.471. The van der Waals surface area contributed by atoms with Crippen LogP contribution in [-0.2, 0) is 13.0 Å². The van der Waals surface area contributed by atoms with E-state index in [4.69, 9.17) is 5.73 Å². The Bertz CT molecular complexity index is 1250. The number of aliphatic imine (C=N–C) groups is 1. The Morgan fingerprint density at radius 3 is 1.80 bits per heavy atom. The number of rotatable bonds is 12. The van der Waals surface area contributed by atoms with Crippen LogP contribution in [0.3, 0.4) is 0 Å². The van der Waals surface area contributed by atoms with Gasteiger partial charge in [0, 0.05) is 31.0 Å². The van der Waals surface area contributed by atoms with Gasteiger partial charge >= 0.3 is 0 Å². The molecule has 1 aliphatic rings. The predicted molar refractivity (Wildman–Crippen MR) is 262 cm³/mol. The van der Waals surface area contributed by atoms with E-state index in [0.29, 0.717) is 0 Å². The third-order valence-electron chi connectivity index (χ3n) is 6.68. The van der Waals surface area contributed by atoms with Crippen LogP contribution in [0.1, 0.15) is 139 Å². The van der Waals surface area contributed by atoms with Gasteiger partial charge in [-0.05, 0) is 108 Å². The van der Waals surface area contributed by atoms with Gasteiger partial charge in [0.2, 0.25) is 0 Å². The first kappa shape index (κ1) is 65.9. The maximum Gasteiger partial charge on any atom is 0.0478 e. The van der Waals surface area contributed by atoms with Gasteiger partial charge in [-0.2, -0.15) is 0 Å². The van der Waals surface area contributed by atoms with E-state index in [1.165, 1.54) is 47.7 Å². The third kappa shape index (κ3) is 50.0. The average molecular weight is 761 g/mol. The number of allylic oxidation sites excluding steroid dienone is 11. The summed E-state index contributed by atoms with van der Waals surface area (Å²) in [7, 11) is 3.27. The minimum Gasteiger partial charge on any atom is -0.381 e. The van der Waals surface area contributed by atoms with Gasteiger partial charge in [0.1, 0.15) is 0 Å². The molecule has 4 heteroatoms. The smallest absolute Gasteiger partial charge is 0.0478 e. The minimum atomic E-state index is -0.0385. The van der Waals surface area contributed by atoms with Crippen molar-refractivity contribution >= 4 is 5.71 Å². The van der Waals surface area contributed by atoms with Gasteiger partial charge in [0.15, 0.2) is 0 Å². The molecule has 55 heavy (non-hydrogen) atoms. The van der Waals surface area contributed by atoms with Crippen LogP contribution < -0.4 is 16.8 Å². The van der Waals surface area contributed by atoms with Crippen LogP contribution in [0, 0.1) is 6.92 Å². The average Bonchev–Trinajstić information content (AvgIpc) is 3.45. The highest BCUT2D eigenvalue weighted by molar-refractivity contribution is 5.96. The SMILES string of the molecule is C=C(C)C(C)=NC.C=CC(=C)NCc1ccc(CCC)c(C)c1.C=CC(N)C1=CC=C(C)CC=C1.C=CCC.CC.CC.CC.CCC=CC=C(C)C.CN. The molecule has 0 spiro atoms. The third-order valence-corrected chi connectivity index (χ3v) is 6.68. The minimum absolute atomic E-state index is 0.0385. The molecule has 0 saturated heterocycles. The summed E-state index contributed by atoms with van der Waals surface area (Å²) in [4.78, 5) is 3.91. The van der Waals surface area contributed by atoms with Crippen molar-refractivity contribution in [1.29, 1.82) is 0 Å². The monoisotopic (exact) mass is 761 g/mol. The second-order valence-electron chi connectivity index (χ2n) is 11.5. The molecule has 1 aromatic carbocycles. The Balaban J connectivity index is -0.000000105. The van der Waals surface area contributed by atoms with Crippen LogP contribution >= 0.6 is 0 Å². The van der Waals surface area contributed by atoms with Gasteiger partial charge < -0.3 is 16.8 Å². The van der Waals surface area contributed by atoms with Crippen molar-refractivity contribution in [2.24, 2.45) is 16.5 Å². The molecule has 1 aliphatic carbocycles. The summed E-state index contributed by atoms with van der Waals surface area (Å²) in [6.45, 7) is 49.9. The van der Waals surface area contributed by atoms with Crippen LogP contribution in [-0.4, -0.2) is 25.8 Å². The molecular formula is C51H92N4.